The molecule has 5 heteroatoms. The van der Waals surface area contributed by atoms with Crippen molar-refractivity contribution in [2.24, 2.45) is 0 Å². The molecule has 0 aromatic carbocycles. The highest BCUT2D eigenvalue weighted by Crippen LogP contribution is 2.29. The lowest BCUT2D eigenvalue weighted by Crippen LogP contribution is -2.30. The topological polar surface area (TPSA) is 58.3 Å². The predicted octanol–water partition coefficient (Wildman–Crippen LogP) is 1.47. The minimum Gasteiger partial charge on any atom is -0.368 e. The van der Waals surface area contributed by atoms with E-state index in [0.717, 1.165) is 37.7 Å². The van der Waals surface area contributed by atoms with Gasteiger partial charge in [-0.1, -0.05) is 0 Å². The maximum Gasteiger partial charge on any atom is 0.222 e. The van der Waals surface area contributed by atoms with Crippen LogP contribution in [0.15, 0.2) is 6.07 Å². The van der Waals surface area contributed by atoms with E-state index in [-0.39, 0.29) is 0 Å². The Kier molecular flexibility index (Phi) is 3.55. The van der Waals surface area contributed by atoms with E-state index in [1.807, 2.05) is 0 Å². The fraction of sp³-hybridized carbons (Fsp3) is 0.714. The molecule has 0 radical (unpaired) electrons. The first kappa shape index (κ1) is 12.7. The Balaban J connectivity index is 1.80. The number of likely N-dealkylation sites (tertiary alicyclic amines) is 1. The van der Waals surface area contributed by atoms with Crippen molar-refractivity contribution in [2.45, 2.75) is 31.6 Å². The summed E-state index contributed by atoms with van der Waals surface area (Å²) in [4.78, 5) is 13.6. The number of piperidine rings is 1. The van der Waals surface area contributed by atoms with Gasteiger partial charge < -0.3 is 15.5 Å². The largest absolute Gasteiger partial charge is 0.368 e. The van der Waals surface area contributed by atoms with Crippen molar-refractivity contribution >= 4 is 11.8 Å². The number of nitrogens with zero attached hydrogens (tertiary/aromatic N) is 4. The van der Waals surface area contributed by atoms with Crippen LogP contribution in [-0.2, 0) is 0 Å². The fourth-order valence-corrected chi connectivity index (χ4v) is 3.09. The van der Waals surface area contributed by atoms with E-state index < -0.39 is 0 Å². The Morgan fingerprint density at radius 2 is 1.79 bits per heavy atom. The van der Waals surface area contributed by atoms with Crippen LogP contribution in [0, 0.1) is 0 Å². The van der Waals surface area contributed by atoms with Crippen LogP contribution in [0.1, 0.15) is 37.3 Å². The van der Waals surface area contributed by atoms with E-state index >= 15 is 0 Å². The fourth-order valence-electron chi connectivity index (χ4n) is 3.09. The molecule has 1 aromatic rings. The number of rotatable bonds is 2. The number of hydrogen-bond donors (Lipinski definition) is 1. The van der Waals surface area contributed by atoms with Gasteiger partial charge in [-0.25, -0.2) is 4.98 Å². The Bertz CT molecular complexity index is 433. The lowest BCUT2D eigenvalue weighted by Gasteiger charge is -2.29. The lowest BCUT2D eigenvalue weighted by molar-refractivity contribution is 0.253. The van der Waals surface area contributed by atoms with Crippen molar-refractivity contribution < 1.29 is 0 Å². The van der Waals surface area contributed by atoms with Crippen molar-refractivity contribution in [3.8, 4) is 0 Å². The lowest BCUT2D eigenvalue weighted by atomic mass is 9.93. The van der Waals surface area contributed by atoms with Gasteiger partial charge in [-0.2, -0.15) is 4.98 Å². The van der Waals surface area contributed by atoms with Gasteiger partial charge in [0.05, 0.1) is 5.69 Å². The molecule has 0 saturated carbocycles. The smallest absolute Gasteiger partial charge is 0.222 e. The van der Waals surface area contributed by atoms with Gasteiger partial charge >= 0.3 is 0 Å². The molecule has 2 aliphatic rings. The first-order valence-corrected chi connectivity index (χ1v) is 7.30. The van der Waals surface area contributed by atoms with Crippen LogP contribution >= 0.6 is 0 Å². The summed E-state index contributed by atoms with van der Waals surface area (Å²) >= 11 is 0. The summed E-state index contributed by atoms with van der Waals surface area (Å²) in [5.41, 5.74) is 7.04. The highest BCUT2D eigenvalue weighted by atomic mass is 15.2. The molecule has 0 unspecified atom stereocenters. The number of nitrogen functional groups attached to an aromatic ring is 1. The van der Waals surface area contributed by atoms with E-state index in [4.69, 9.17) is 5.73 Å². The van der Waals surface area contributed by atoms with Gasteiger partial charge in [0.2, 0.25) is 5.95 Å². The highest BCUT2D eigenvalue weighted by Gasteiger charge is 2.22. The molecular weight excluding hydrogens is 238 g/mol. The van der Waals surface area contributed by atoms with Gasteiger partial charge in [0.15, 0.2) is 0 Å². The highest BCUT2D eigenvalue weighted by molar-refractivity contribution is 5.45. The summed E-state index contributed by atoms with van der Waals surface area (Å²) in [6.45, 7) is 4.49. The van der Waals surface area contributed by atoms with E-state index in [2.05, 4.69) is 32.9 Å². The Morgan fingerprint density at radius 1 is 1.11 bits per heavy atom. The average Bonchev–Trinajstić information content (AvgIpc) is 2.93. The second-order valence-corrected chi connectivity index (χ2v) is 5.78. The van der Waals surface area contributed by atoms with Crippen molar-refractivity contribution in [1.82, 2.24) is 14.9 Å². The Hall–Kier alpha value is -1.36. The van der Waals surface area contributed by atoms with Crippen LogP contribution in [0.25, 0.3) is 0 Å². The quantitative estimate of drug-likeness (QED) is 0.873. The van der Waals surface area contributed by atoms with Crippen LogP contribution in [-0.4, -0.2) is 48.1 Å². The number of anilines is 2. The second kappa shape index (κ2) is 5.33. The Morgan fingerprint density at radius 3 is 2.47 bits per heavy atom. The van der Waals surface area contributed by atoms with Crippen LogP contribution < -0.4 is 10.6 Å². The second-order valence-electron chi connectivity index (χ2n) is 5.78. The van der Waals surface area contributed by atoms with Crippen molar-refractivity contribution in [3.63, 3.8) is 0 Å². The van der Waals surface area contributed by atoms with Crippen LogP contribution in [0.5, 0.6) is 0 Å². The molecule has 3 heterocycles. The van der Waals surface area contributed by atoms with E-state index in [9.17, 15) is 0 Å². The zero-order valence-corrected chi connectivity index (χ0v) is 11.7. The molecule has 2 N–H and O–H groups in total. The van der Waals surface area contributed by atoms with Crippen molar-refractivity contribution in [2.75, 3.05) is 43.9 Å². The molecule has 2 saturated heterocycles. The van der Waals surface area contributed by atoms with Gasteiger partial charge in [0, 0.05) is 25.1 Å². The summed E-state index contributed by atoms with van der Waals surface area (Å²) in [6, 6.07) is 2.16. The van der Waals surface area contributed by atoms with Crippen LogP contribution in [0.4, 0.5) is 11.8 Å². The predicted molar refractivity (Wildman–Crippen MR) is 77.4 cm³/mol. The molecule has 5 nitrogen and oxygen atoms in total. The average molecular weight is 261 g/mol. The summed E-state index contributed by atoms with van der Waals surface area (Å²) in [5.74, 6) is 2.00. The standard InChI is InChI=1S/C14H23N5/c1-18-8-4-11(5-9-18)12-10-13(17-14(15)16-12)19-6-2-3-7-19/h10-11H,2-9H2,1H3,(H2,15,16,17). The molecule has 0 amide bonds. The monoisotopic (exact) mass is 261 g/mol. The first-order chi connectivity index (χ1) is 9.22. The zero-order chi connectivity index (χ0) is 13.2. The maximum absolute atomic E-state index is 5.90. The van der Waals surface area contributed by atoms with E-state index in [0.29, 0.717) is 11.9 Å². The van der Waals surface area contributed by atoms with Crippen LogP contribution in [0.3, 0.4) is 0 Å². The summed E-state index contributed by atoms with van der Waals surface area (Å²) in [6.07, 6.45) is 4.86. The third kappa shape index (κ3) is 2.81. The molecule has 2 aliphatic heterocycles. The van der Waals surface area contributed by atoms with Gasteiger partial charge in [-0.3, -0.25) is 0 Å². The van der Waals surface area contributed by atoms with Gasteiger partial charge in [0.1, 0.15) is 5.82 Å². The Labute approximate surface area is 114 Å². The zero-order valence-electron chi connectivity index (χ0n) is 11.7. The molecule has 2 fully saturated rings. The molecule has 1 aromatic heterocycles. The number of nitrogens with two attached hydrogens (primary N) is 1. The molecular formula is C14H23N5. The molecule has 0 aliphatic carbocycles. The molecule has 0 atom stereocenters. The third-order valence-corrected chi connectivity index (χ3v) is 4.32. The summed E-state index contributed by atoms with van der Waals surface area (Å²) in [7, 11) is 2.18. The van der Waals surface area contributed by atoms with Gasteiger partial charge in [-0.15, -0.1) is 0 Å². The summed E-state index contributed by atoms with van der Waals surface area (Å²) < 4.78 is 0. The summed E-state index contributed by atoms with van der Waals surface area (Å²) in [5, 5.41) is 0. The van der Waals surface area contributed by atoms with Crippen LogP contribution in [0.2, 0.25) is 0 Å². The first-order valence-electron chi connectivity index (χ1n) is 7.30. The molecule has 104 valence electrons. The minimum absolute atomic E-state index is 0.429. The van der Waals surface area contributed by atoms with Crippen molar-refractivity contribution in [1.29, 1.82) is 0 Å². The van der Waals surface area contributed by atoms with E-state index in [1.54, 1.807) is 0 Å². The SMILES string of the molecule is CN1CCC(c2cc(N3CCCC3)nc(N)n2)CC1. The maximum atomic E-state index is 5.90. The van der Waals surface area contributed by atoms with Crippen molar-refractivity contribution in [3.05, 3.63) is 11.8 Å². The molecule has 3 rings (SSSR count). The van der Waals surface area contributed by atoms with E-state index in [1.165, 1.54) is 25.7 Å². The minimum atomic E-state index is 0.429. The molecule has 19 heavy (non-hydrogen) atoms. The number of aromatic nitrogens is 2. The normalized spacial score (nSPS) is 22.1. The van der Waals surface area contributed by atoms with Gasteiger partial charge in [-0.05, 0) is 45.8 Å². The third-order valence-electron chi connectivity index (χ3n) is 4.32. The molecule has 0 bridgehead atoms. The molecule has 0 spiro atoms. The van der Waals surface area contributed by atoms with Gasteiger partial charge in [0.25, 0.3) is 0 Å². The number of hydrogen-bond acceptors (Lipinski definition) is 5.